The zero-order valence-corrected chi connectivity index (χ0v) is 22.5. The maximum atomic E-state index is 14.0. The molecule has 1 unspecified atom stereocenters. The lowest BCUT2D eigenvalue weighted by molar-refractivity contribution is -0.151. The lowest BCUT2D eigenvalue weighted by Gasteiger charge is -2.49. The number of likely N-dealkylation sites (N-methyl/N-ethyl adjacent to an activating group) is 2. The van der Waals surface area contributed by atoms with E-state index in [0.29, 0.717) is 11.3 Å². The molecule has 0 saturated carbocycles. The van der Waals surface area contributed by atoms with E-state index >= 15 is 0 Å². The average Bonchev–Trinajstić information content (AvgIpc) is 3.06. The Bertz CT molecular complexity index is 1290. The number of thiocarbonyl (C=S) groups is 1. The topological polar surface area (TPSA) is 78.0 Å². The first-order valence-corrected chi connectivity index (χ1v) is 13.6. The summed E-state index contributed by atoms with van der Waals surface area (Å²) in [6, 6.07) is 15.2. The van der Waals surface area contributed by atoms with Crippen molar-refractivity contribution >= 4 is 67.7 Å². The number of benzene rings is 2. The van der Waals surface area contributed by atoms with Crippen LogP contribution in [-0.4, -0.2) is 58.7 Å². The van der Waals surface area contributed by atoms with Crippen molar-refractivity contribution in [3.63, 3.8) is 0 Å². The van der Waals surface area contributed by atoms with Crippen LogP contribution >= 0.6 is 36.6 Å². The number of thiol groups is 1. The Labute approximate surface area is 214 Å². The number of anilines is 1. The summed E-state index contributed by atoms with van der Waals surface area (Å²) in [7, 11) is -0.926. The van der Waals surface area contributed by atoms with Crippen LogP contribution in [0.2, 0.25) is 0 Å². The summed E-state index contributed by atoms with van der Waals surface area (Å²) in [5, 5.41) is 0. The van der Waals surface area contributed by atoms with Gasteiger partial charge in [-0.3, -0.25) is 9.59 Å². The zero-order chi connectivity index (χ0) is 25.1. The number of sulfonamides is 1. The van der Waals surface area contributed by atoms with Crippen LogP contribution in [-0.2, 0) is 25.0 Å². The lowest BCUT2D eigenvalue weighted by Crippen LogP contribution is -2.66. The zero-order valence-electron chi connectivity index (χ0n) is 19.1. The lowest BCUT2D eigenvalue weighted by atomic mass is 9.77. The highest BCUT2D eigenvalue weighted by atomic mass is 32.2. The van der Waals surface area contributed by atoms with Gasteiger partial charge in [0.1, 0.15) is 9.69 Å². The van der Waals surface area contributed by atoms with Gasteiger partial charge in [-0.05, 0) is 30.7 Å². The third-order valence-corrected chi connectivity index (χ3v) is 10.1. The Morgan fingerprint density at radius 1 is 1.06 bits per heavy atom. The molecule has 1 saturated heterocycles. The normalized spacial score (nSPS) is 27.2. The Kier molecular flexibility index (Phi) is 6.29. The predicted molar refractivity (Wildman–Crippen MR) is 141 cm³/mol. The maximum absolute atomic E-state index is 14.0. The van der Waals surface area contributed by atoms with E-state index < -0.39 is 32.4 Å². The van der Waals surface area contributed by atoms with Crippen LogP contribution in [0.25, 0.3) is 0 Å². The Morgan fingerprint density at radius 2 is 1.65 bits per heavy atom. The fourth-order valence-corrected chi connectivity index (χ4v) is 8.56. The molecule has 7 nitrogen and oxygen atoms in total. The molecule has 2 aromatic carbocycles. The van der Waals surface area contributed by atoms with E-state index in [1.165, 1.54) is 26.2 Å². The number of para-hydroxylation sites is 1. The van der Waals surface area contributed by atoms with E-state index in [0.717, 1.165) is 11.8 Å². The number of nitrogens with zero attached hydrogens (tertiary/aromatic N) is 3. The van der Waals surface area contributed by atoms with Crippen molar-refractivity contribution in [1.29, 1.82) is 0 Å². The van der Waals surface area contributed by atoms with Crippen molar-refractivity contribution in [2.45, 2.75) is 41.6 Å². The molecule has 0 radical (unpaired) electrons. The second-order valence-corrected chi connectivity index (χ2v) is 13.8. The molecule has 2 amide bonds. The van der Waals surface area contributed by atoms with Crippen LogP contribution in [0.4, 0.5) is 5.69 Å². The molecule has 0 N–H and O–H groups in total. The number of thioether (sulfide) groups is 1. The van der Waals surface area contributed by atoms with Crippen molar-refractivity contribution in [2.24, 2.45) is 0 Å². The molecule has 180 valence electrons. The molecule has 4 rings (SSSR count). The van der Waals surface area contributed by atoms with Crippen molar-refractivity contribution in [3.05, 3.63) is 60.2 Å². The van der Waals surface area contributed by atoms with E-state index in [1.807, 2.05) is 19.1 Å². The molecule has 2 heterocycles. The molecule has 3 atom stereocenters. The molecule has 0 aliphatic carbocycles. The first-order valence-electron chi connectivity index (χ1n) is 10.5. The third-order valence-electron chi connectivity index (χ3n) is 6.75. The van der Waals surface area contributed by atoms with Gasteiger partial charge in [0.25, 0.3) is 15.9 Å². The molecule has 0 bridgehead atoms. The highest BCUT2D eigenvalue weighted by molar-refractivity contribution is 8.42. The third kappa shape index (κ3) is 3.64. The first-order chi connectivity index (χ1) is 15.9. The van der Waals surface area contributed by atoms with Gasteiger partial charge in [0, 0.05) is 25.9 Å². The van der Waals surface area contributed by atoms with E-state index in [9.17, 15) is 18.0 Å². The highest BCUT2D eigenvalue weighted by Gasteiger charge is 2.60. The average molecular weight is 536 g/mol. The molecule has 0 spiro atoms. The molecule has 11 heteroatoms. The van der Waals surface area contributed by atoms with Gasteiger partial charge in [-0.1, -0.05) is 67.3 Å². The van der Waals surface area contributed by atoms with Gasteiger partial charge in [0.05, 0.1) is 10.6 Å². The summed E-state index contributed by atoms with van der Waals surface area (Å²) in [5.74, 6) is -0.732. The van der Waals surface area contributed by atoms with Crippen LogP contribution in [0.15, 0.2) is 59.5 Å². The van der Waals surface area contributed by atoms with E-state index in [1.54, 1.807) is 51.4 Å². The molecule has 0 aromatic heterocycles. The smallest absolute Gasteiger partial charge is 0.266 e. The van der Waals surface area contributed by atoms with E-state index in [4.69, 9.17) is 12.2 Å². The number of carbonyl (C=O) groups excluding carboxylic acids is 2. The molecule has 2 aromatic rings. The number of amides is 2. The molecule has 1 fully saturated rings. The largest absolute Gasteiger partial charge is 0.323 e. The fraction of sp³-hybridized carbons (Fsp3) is 0.348. The van der Waals surface area contributed by atoms with Gasteiger partial charge in [0.15, 0.2) is 4.87 Å². The van der Waals surface area contributed by atoms with Crippen LogP contribution < -0.4 is 4.31 Å². The van der Waals surface area contributed by atoms with Crippen molar-refractivity contribution in [3.8, 4) is 0 Å². The van der Waals surface area contributed by atoms with Crippen LogP contribution in [0, 0.1) is 0 Å². The number of fused-ring (bicyclic) bond motifs is 3. The number of rotatable bonds is 3. The van der Waals surface area contributed by atoms with Crippen molar-refractivity contribution in [2.75, 3.05) is 18.4 Å². The Morgan fingerprint density at radius 3 is 2.26 bits per heavy atom. The summed E-state index contributed by atoms with van der Waals surface area (Å²) in [6.07, 6.45) is -0.965. The van der Waals surface area contributed by atoms with Gasteiger partial charge in [-0.2, -0.15) is 0 Å². The summed E-state index contributed by atoms with van der Waals surface area (Å²) < 4.78 is 29.5. The van der Waals surface area contributed by atoms with E-state index in [-0.39, 0.29) is 20.8 Å². The second kappa shape index (κ2) is 8.54. The molecular formula is C23H25N3O4S4. The minimum Gasteiger partial charge on any atom is -0.323 e. The van der Waals surface area contributed by atoms with Gasteiger partial charge < -0.3 is 9.80 Å². The Hall–Kier alpha value is -2.08. The fourth-order valence-electron chi connectivity index (χ4n) is 4.95. The van der Waals surface area contributed by atoms with Gasteiger partial charge in [-0.15, -0.1) is 12.6 Å². The highest BCUT2D eigenvalue weighted by Crippen LogP contribution is 2.52. The molecular weight excluding hydrogens is 511 g/mol. The standard InChI is InChI=1S/C23H25N3O4S4/c1-22-14-18(27)25(4)23(2,33-21(31)32)20(28)24(3)19(22)26(17-13-9-8-12-16(17)22)34(29,30)15-10-6-5-7-11-15/h5-13,19H,14H2,1-4H3,(H,31,32)/t19-,22?,23+/m0/s1. The minimum atomic E-state index is -4.07. The molecule has 34 heavy (non-hydrogen) atoms. The Balaban J connectivity index is 1.97. The van der Waals surface area contributed by atoms with Crippen LogP contribution in [0.3, 0.4) is 0 Å². The predicted octanol–water partition coefficient (Wildman–Crippen LogP) is 3.46. The number of hydrogen-bond donors (Lipinski definition) is 1. The molecule has 2 aliphatic rings. The van der Waals surface area contributed by atoms with Crippen molar-refractivity contribution < 1.29 is 18.0 Å². The van der Waals surface area contributed by atoms with Gasteiger partial charge >= 0.3 is 0 Å². The number of hydrogen-bond acceptors (Lipinski definition) is 6. The summed E-state index contributed by atoms with van der Waals surface area (Å²) in [6.45, 7) is 3.45. The maximum Gasteiger partial charge on any atom is 0.266 e. The summed E-state index contributed by atoms with van der Waals surface area (Å²) in [4.78, 5) is 29.0. The van der Waals surface area contributed by atoms with Crippen LogP contribution in [0.1, 0.15) is 25.8 Å². The number of carbonyl (C=O) groups is 2. The van der Waals surface area contributed by atoms with Gasteiger partial charge in [0.2, 0.25) is 5.91 Å². The summed E-state index contributed by atoms with van der Waals surface area (Å²) >= 11 is 10.3. The monoisotopic (exact) mass is 535 g/mol. The quantitative estimate of drug-likeness (QED) is 0.479. The molecule has 2 aliphatic heterocycles. The second-order valence-electron chi connectivity index (χ2n) is 8.82. The van der Waals surface area contributed by atoms with E-state index in [2.05, 4.69) is 12.6 Å². The minimum absolute atomic E-state index is 0.000900. The van der Waals surface area contributed by atoms with Crippen molar-refractivity contribution in [1.82, 2.24) is 9.80 Å². The SMILES string of the molecule is CN1C(=O)[C@@](C)(SC(=S)S)N(C)C(=O)CC2(C)c3ccccc3N(S(=O)(=O)c3ccccc3)[C@H]12. The van der Waals surface area contributed by atoms with Gasteiger partial charge in [-0.25, -0.2) is 12.7 Å². The van der Waals surface area contributed by atoms with Crippen LogP contribution in [0.5, 0.6) is 0 Å². The summed E-state index contributed by atoms with van der Waals surface area (Å²) in [5.41, 5.74) is 0.165. The first kappa shape index (κ1) is 25.0.